The van der Waals surface area contributed by atoms with Crippen LogP contribution < -0.4 is 11.5 Å². The second kappa shape index (κ2) is 8.57. The Morgan fingerprint density at radius 1 is 1.14 bits per heavy atom. The molecule has 0 unspecified atom stereocenters. The van der Waals surface area contributed by atoms with Crippen LogP contribution in [0.4, 0.5) is 11.5 Å². The number of anilines is 2. The molecule has 2 rings (SSSR count). The van der Waals surface area contributed by atoms with Gasteiger partial charge in [-0.2, -0.15) is 17.0 Å². The number of nitriles is 1. The lowest BCUT2D eigenvalue weighted by atomic mass is 10.2. The first kappa shape index (κ1) is 16.5. The van der Waals surface area contributed by atoms with Gasteiger partial charge in [-0.1, -0.05) is 30.3 Å². The minimum atomic E-state index is 0.359. The maximum Gasteiger partial charge on any atom is 0.126 e. The van der Waals surface area contributed by atoms with Crippen LogP contribution in [0.5, 0.6) is 0 Å². The number of aromatic nitrogens is 1. The molecule has 0 aliphatic heterocycles. The van der Waals surface area contributed by atoms with E-state index in [2.05, 4.69) is 35.3 Å². The van der Waals surface area contributed by atoms with Crippen LogP contribution >= 0.6 is 23.5 Å². The number of thioether (sulfide) groups is 2. The summed E-state index contributed by atoms with van der Waals surface area (Å²) in [4.78, 5) is 4.20. The second-order valence-electron chi connectivity index (χ2n) is 4.67. The minimum Gasteiger partial charge on any atom is -0.397 e. The van der Waals surface area contributed by atoms with Gasteiger partial charge >= 0.3 is 0 Å². The summed E-state index contributed by atoms with van der Waals surface area (Å²) in [7, 11) is 0. The van der Waals surface area contributed by atoms with E-state index in [0.717, 1.165) is 23.7 Å². The molecule has 2 aromatic rings. The lowest BCUT2D eigenvalue weighted by molar-refractivity contribution is 1.09. The Balaban J connectivity index is 1.74. The monoisotopic (exact) mass is 330 g/mol. The fourth-order valence-electron chi connectivity index (χ4n) is 1.87. The smallest absolute Gasteiger partial charge is 0.126 e. The van der Waals surface area contributed by atoms with Crippen molar-refractivity contribution in [3.05, 3.63) is 47.5 Å². The molecule has 0 saturated carbocycles. The van der Waals surface area contributed by atoms with Gasteiger partial charge in [0.2, 0.25) is 0 Å². The van der Waals surface area contributed by atoms with E-state index < -0.39 is 0 Å². The van der Waals surface area contributed by atoms with Crippen molar-refractivity contribution in [3.8, 4) is 6.07 Å². The van der Waals surface area contributed by atoms with Crippen LogP contribution in [0.25, 0.3) is 0 Å². The van der Waals surface area contributed by atoms with Gasteiger partial charge in [0.25, 0.3) is 0 Å². The SMILES string of the molecule is N#Cc1c(N)cc(N)nc1SCCCSCc1ccccc1. The van der Waals surface area contributed by atoms with Gasteiger partial charge in [0.15, 0.2) is 0 Å². The van der Waals surface area contributed by atoms with Gasteiger partial charge in [-0.15, -0.1) is 11.8 Å². The van der Waals surface area contributed by atoms with E-state index in [0.29, 0.717) is 22.1 Å². The van der Waals surface area contributed by atoms with Crippen molar-refractivity contribution in [1.29, 1.82) is 5.26 Å². The Bertz CT molecular complexity index is 653. The maximum absolute atomic E-state index is 9.13. The van der Waals surface area contributed by atoms with Crippen molar-refractivity contribution in [2.24, 2.45) is 0 Å². The number of nitrogen functional groups attached to an aromatic ring is 2. The number of benzene rings is 1. The predicted molar refractivity (Wildman–Crippen MR) is 95.7 cm³/mol. The summed E-state index contributed by atoms with van der Waals surface area (Å²) < 4.78 is 0. The summed E-state index contributed by atoms with van der Waals surface area (Å²) >= 11 is 3.45. The Morgan fingerprint density at radius 2 is 1.91 bits per heavy atom. The quantitative estimate of drug-likeness (QED) is 0.596. The fourth-order valence-corrected chi connectivity index (χ4v) is 3.93. The molecule has 0 spiro atoms. The van der Waals surface area contributed by atoms with Crippen LogP contribution in [0.3, 0.4) is 0 Å². The molecule has 22 heavy (non-hydrogen) atoms. The van der Waals surface area contributed by atoms with Crippen LogP contribution in [0, 0.1) is 11.3 Å². The van der Waals surface area contributed by atoms with Gasteiger partial charge in [0, 0.05) is 17.6 Å². The highest BCUT2D eigenvalue weighted by Gasteiger charge is 2.09. The summed E-state index contributed by atoms with van der Waals surface area (Å²) in [6.07, 6.45) is 1.05. The number of pyridine rings is 1. The third kappa shape index (κ3) is 4.86. The van der Waals surface area contributed by atoms with Crippen LogP contribution in [0.2, 0.25) is 0 Å². The van der Waals surface area contributed by atoms with Crippen molar-refractivity contribution < 1.29 is 0 Å². The lowest BCUT2D eigenvalue weighted by Gasteiger charge is -2.07. The molecule has 0 aliphatic carbocycles. The van der Waals surface area contributed by atoms with Crippen molar-refractivity contribution in [1.82, 2.24) is 4.98 Å². The molecule has 1 aromatic heterocycles. The second-order valence-corrected chi connectivity index (χ2v) is 6.86. The molecule has 0 aliphatic rings. The van der Waals surface area contributed by atoms with Crippen LogP contribution in [-0.2, 0) is 5.75 Å². The largest absolute Gasteiger partial charge is 0.397 e. The summed E-state index contributed by atoms with van der Waals surface area (Å²) in [5.74, 6) is 3.35. The summed E-state index contributed by atoms with van der Waals surface area (Å²) in [5, 5.41) is 9.76. The molecule has 0 saturated heterocycles. The first-order valence-electron chi connectivity index (χ1n) is 6.91. The van der Waals surface area contributed by atoms with Crippen molar-refractivity contribution in [2.45, 2.75) is 17.2 Å². The molecule has 4 N–H and O–H groups in total. The summed E-state index contributed by atoms with van der Waals surface area (Å²) in [6.45, 7) is 0. The highest BCUT2D eigenvalue weighted by molar-refractivity contribution is 7.99. The van der Waals surface area contributed by atoms with Gasteiger partial charge in [0.1, 0.15) is 22.5 Å². The number of rotatable bonds is 7. The summed E-state index contributed by atoms with van der Waals surface area (Å²) in [5.41, 5.74) is 13.6. The van der Waals surface area contributed by atoms with Gasteiger partial charge in [-0.3, -0.25) is 0 Å². The zero-order chi connectivity index (χ0) is 15.8. The average molecular weight is 330 g/mol. The highest BCUT2D eigenvalue weighted by atomic mass is 32.2. The molecule has 1 heterocycles. The molecule has 4 nitrogen and oxygen atoms in total. The highest BCUT2D eigenvalue weighted by Crippen LogP contribution is 2.27. The first-order chi connectivity index (χ1) is 10.7. The Labute approximate surface area is 139 Å². The molecule has 0 bridgehead atoms. The number of hydrogen-bond acceptors (Lipinski definition) is 6. The van der Waals surface area contributed by atoms with Crippen molar-refractivity contribution in [2.75, 3.05) is 23.0 Å². The standard InChI is InChI=1S/C16H18N4S2/c17-10-13-14(18)9-15(19)20-16(13)22-8-4-7-21-11-12-5-2-1-3-6-12/h1-3,5-6,9H,4,7-8,11H2,(H4,18,19,20). The minimum absolute atomic E-state index is 0.359. The Kier molecular flexibility index (Phi) is 6.44. The fraction of sp³-hybridized carbons (Fsp3) is 0.250. The Hall–Kier alpha value is -1.84. The van der Waals surface area contributed by atoms with Gasteiger partial charge < -0.3 is 11.5 Å². The number of hydrogen-bond donors (Lipinski definition) is 2. The van der Waals surface area contributed by atoms with Crippen molar-refractivity contribution >= 4 is 35.0 Å². The zero-order valence-electron chi connectivity index (χ0n) is 12.2. The number of nitrogens with zero attached hydrogens (tertiary/aromatic N) is 2. The molecule has 114 valence electrons. The summed E-state index contributed by atoms with van der Waals surface area (Å²) in [6, 6.07) is 14.1. The molecule has 1 aromatic carbocycles. The van der Waals surface area contributed by atoms with E-state index in [1.54, 1.807) is 0 Å². The molecule has 0 atom stereocenters. The third-order valence-electron chi connectivity index (χ3n) is 2.93. The molecule has 6 heteroatoms. The molecular formula is C16H18N4S2. The third-order valence-corrected chi connectivity index (χ3v) is 5.11. The zero-order valence-corrected chi connectivity index (χ0v) is 13.8. The van der Waals surface area contributed by atoms with E-state index >= 15 is 0 Å². The molecule has 0 fully saturated rings. The molecular weight excluding hydrogens is 312 g/mol. The lowest BCUT2D eigenvalue weighted by Crippen LogP contribution is -2.00. The van der Waals surface area contributed by atoms with E-state index in [4.69, 9.17) is 16.7 Å². The van der Waals surface area contributed by atoms with Gasteiger partial charge in [-0.05, 0) is 17.7 Å². The van der Waals surface area contributed by atoms with Crippen LogP contribution in [0.1, 0.15) is 17.5 Å². The molecule has 0 amide bonds. The Morgan fingerprint density at radius 3 is 2.64 bits per heavy atom. The van der Waals surface area contributed by atoms with Crippen LogP contribution in [-0.4, -0.2) is 16.5 Å². The van der Waals surface area contributed by atoms with Crippen molar-refractivity contribution in [3.63, 3.8) is 0 Å². The van der Waals surface area contributed by atoms with E-state index in [1.807, 2.05) is 17.8 Å². The van der Waals surface area contributed by atoms with Gasteiger partial charge in [-0.25, -0.2) is 4.98 Å². The maximum atomic E-state index is 9.13. The average Bonchev–Trinajstić information content (AvgIpc) is 2.51. The van der Waals surface area contributed by atoms with Gasteiger partial charge in [0.05, 0.1) is 5.69 Å². The predicted octanol–water partition coefficient (Wildman–Crippen LogP) is 3.53. The topological polar surface area (TPSA) is 88.7 Å². The van der Waals surface area contributed by atoms with Crippen LogP contribution in [0.15, 0.2) is 41.4 Å². The van der Waals surface area contributed by atoms with E-state index in [-0.39, 0.29) is 0 Å². The van der Waals surface area contributed by atoms with E-state index in [1.165, 1.54) is 23.4 Å². The molecule has 0 radical (unpaired) electrons. The number of nitrogens with two attached hydrogens (primary N) is 2. The first-order valence-corrected chi connectivity index (χ1v) is 9.05. The van der Waals surface area contributed by atoms with E-state index in [9.17, 15) is 0 Å². The normalized spacial score (nSPS) is 10.3.